The van der Waals surface area contributed by atoms with Crippen LogP contribution in [0.3, 0.4) is 0 Å². The predicted octanol–water partition coefficient (Wildman–Crippen LogP) is 5.32. The zero-order valence-electron chi connectivity index (χ0n) is 19.9. The van der Waals surface area contributed by atoms with Crippen molar-refractivity contribution < 1.29 is 14.7 Å². The number of benzene rings is 2. The Morgan fingerprint density at radius 2 is 1.97 bits per heavy atom. The Hall–Kier alpha value is -4.37. The maximum atomic E-state index is 13.3. The maximum absolute atomic E-state index is 13.3. The van der Waals surface area contributed by atoms with Crippen molar-refractivity contribution in [2.45, 2.75) is 32.2 Å². The van der Waals surface area contributed by atoms with Crippen LogP contribution in [0.4, 0.5) is 16.2 Å². The first kappa shape index (κ1) is 24.3. The molecule has 0 aliphatic carbocycles. The highest BCUT2D eigenvalue weighted by atomic mass is 35.5. The minimum atomic E-state index is -1.12. The number of fused-ring (bicyclic) bond motifs is 1. The van der Waals surface area contributed by atoms with E-state index < -0.39 is 6.09 Å². The number of hydrogen-bond donors (Lipinski definition) is 4. The lowest BCUT2D eigenvalue weighted by atomic mass is 10.0. The summed E-state index contributed by atoms with van der Waals surface area (Å²) in [6, 6.07) is 15.5. The molecule has 9 nitrogen and oxygen atoms in total. The fourth-order valence-corrected chi connectivity index (χ4v) is 5.05. The Morgan fingerprint density at radius 3 is 2.68 bits per heavy atom. The van der Waals surface area contributed by atoms with E-state index in [1.54, 1.807) is 41.0 Å². The monoisotopic (exact) mass is 517 g/mol. The van der Waals surface area contributed by atoms with Gasteiger partial charge in [-0.25, -0.2) is 9.78 Å². The SMILES string of the molecule is CCc1nc(C2CCc3cc(-c4cc(Cl)ccc4NC=O)cc(=O)n32)[nH]c1-c1ccc(NC(=O)O)cc1. The number of carboxylic acid groups (broad SMARTS) is 1. The molecule has 0 spiro atoms. The van der Waals surface area contributed by atoms with Gasteiger partial charge in [-0.05, 0) is 66.8 Å². The number of amides is 2. The average molecular weight is 518 g/mol. The molecule has 188 valence electrons. The van der Waals surface area contributed by atoms with Gasteiger partial charge in [0.25, 0.3) is 5.56 Å². The minimum absolute atomic E-state index is 0.160. The molecule has 0 fully saturated rings. The number of H-pyrrole nitrogens is 1. The van der Waals surface area contributed by atoms with Crippen LogP contribution in [-0.2, 0) is 17.6 Å². The molecule has 5 rings (SSSR count). The molecule has 2 aromatic carbocycles. The van der Waals surface area contributed by atoms with Crippen molar-refractivity contribution in [1.82, 2.24) is 14.5 Å². The molecule has 2 amide bonds. The normalized spacial score (nSPS) is 14.3. The highest BCUT2D eigenvalue weighted by Crippen LogP contribution is 2.35. The van der Waals surface area contributed by atoms with E-state index in [2.05, 4.69) is 15.6 Å². The van der Waals surface area contributed by atoms with Crippen LogP contribution in [0.5, 0.6) is 0 Å². The second-order valence-electron chi connectivity index (χ2n) is 8.75. The number of pyridine rings is 1. The van der Waals surface area contributed by atoms with Crippen molar-refractivity contribution in [1.29, 1.82) is 0 Å². The Kier molecular flexibility index (Phi) is 6.54. The average Bonchev–Trinajstić information content (AvgIpc) is 3.50. The zero-order chi connectivity index (χ0) is 26.1. The molecule has 1 unspecified atom stereocenters. The standard InChI is InChI=1S/C27H24ClN5O4/c1-2-21-25(15-3-6-18(7-4-15)30-27(36)37)32-26(31-21)23-10-8-19-11-16(12-24(35)33(19)23)20-13-17(28)5-9-22(20)29-14-34/h3-7,9,11-14,23,30H,2,8,10H2,1H3,(H,29,34)(H,31,32)(H,36,37). The first-order valence-corrected chi connectivity index (χ1v) is 12.2. The molecule has 0 saturated carbocycles. The van der Waals surface area contributed by atoms with Crippen molar-refractivity contribution in [2.24, 2.45) is 0 Å². The molecule has 0 bridgehead atoms. The smallest absolute Gasteiger partial charge is 0.409 e. The summed E-state index contributed by atoms with van der Waals surface area (Å²) >= 11 is 6.20. The van der Waals surface area contributed by atoms with Crippen LogP contribution in [0, 0.1) is 0 Å². The number of carbonyl (C=O) groups is 2. The predicted molar refractivity (Wildman–Crippen MR) is 142 cm³/mol. The number of aromatic amines is 1. The van der Waals surface area contributed by atoms with Crippen LogP contribution >= 0.6 is 11.6 Å². The molecule has 1 aliphatic rings. The van der Waals surface area contributed by atoms with Crippen LogP contribution in [0.15, 0.2) is 59.4 Å². The molecular weight excluding hydrogens is 494 g/mol. The number of anilines is 2. The van der Waals surface area contributed by atoms with E-state index in [9.17, 15) is 14.4 Å². The van der Waals surface area contributed by atoms with Gasteiger partial charge in [0, 0.05) is 33.7 Å². The Labute approximate surface area is 217 Å². The van der Waals surface area contributed by atoms with E-state index in [-0.39, 0.29) is 11.6 Å². The molecule has 4 N–H and O–H groups in total. The minimum Gasteiger partial charge on any atom is -0.465 e. The van der Waals surface area contributed by atoms with Crippen LogP contribution in [0.2, 0.25) is 5.02 Å². The van der Waals surface area contributed by atoms with Gasteiger partial charge < -0.3 is 20.0 Å². The van der Waals surface area contributed by atoms with E-state index in [0.29, 0.717) is 59.0 Å². The number of carbonyl (C=O) groups excluding carboxylic acids is 1. The van der Waals surface area contributed by atoms with E-state index in [1.165, 1.54) is 0 Å². The number of halogens is 1. The van der Waals surface area contributed by atoms with Gasteiger partial charge in [-0.2, -0.15) is 0 Å². The largest absolute Gasteiger partial charge is 0.465 e. The molecular formula is C27H24ClN5O4. The molecule has 3 heterocycles. The summed E-state index contributed by atoms with van der Waals surface area (Å²) in [5, 5.41) is 14.4. The lowest BCUT2D eigenvalue weighted by Crippen LogP contribution is -2.24. The van der Waals surface area contributed by atoms with Crippen molar-refractivity contribution in [3.63, 3.8) is 0 Å². The fourth-order valence-electron chi connectivity index (χ4n) is 4.88. The van der Waals surface area contributed by atoms with Gasteiger partial charge in [0.05, 0.1) is 17.4 Å². The summed E-state index contributed by atoms with van der Waals surface area (Å²) in [6.07, 6.45) is 1.57. The van der Waals surface area contributed by atoms with Gasteiger partial charge in [0.2, 0.25) is 6.41 Å². The molecule has 1 aliphatic heterocycles. The molecule has 2 aromatic heterocycles. The second kappa shape index (κ2) is 9.94. The van der Waals surface area contributed by atoms with E-state index >= 15 is 0 Å². The van der Waals surface area contributed by atoms with E-state index in [0.717, 1.165) is 22.6 Å². The topological polar surface area (TPSA) is 129 Å². The Bertz CT molecular complexity index is 1560. The van der Waals surface area contributed by atoms with Crippen molar-refractivity contribution >= 4 is 35.5 Å². The van der Waals surface area contributed by atoms with Crippen LogP contribution in [-0.4, -0.2) is 32.1 Å². The van der Waals surface area contributed by atoms with Crippen molar-refractivity contribution in [3.8, 4) is 22.4 Å². The fraction of sp³-hybridized carbons (Fsp3) is 0.185. The highest BCUT2D eigenvalue weighted by Gasteiger charge is 2.29. The summed E-state index contributed by atoms with van der Waals surface area (Å²) in [5.74, 6) is 0.708. The first-order chi connectivity index (χ1) is 17.9. The summed E-state index contributed by atoms with van der Waals surface area (Å²) < 4.78 is 1.77. The molecule has 0 radical (unpaired) electrons. The summed E-state index contributed by atoms with van der Waals surface area (Å²) in [4.78, 5) is 43.6. The van der Waals surface area contributed by atoms with Crippen molar-refractivity contribution in [2.75, 3.05) is 10.6 Å². The van der Waals surface area contributed by atoms with Gasteiger partial charge >= 0.3 is 6.09 Å². The van der Waals surface area contributed by atoms with E-state index in [1.807, 2.05) is 25.1 Å². The Morgan fingerprint density at radius 1 is 1.19 bits per heavy atom. The molecule has 0 saturated heterocycles. The Balaban J connectivity index is 1.50. The number of nitrogens with one attached hydrogen (secondary N) is 3. The lowest BCUT2D eigenvalue weighted by Gasteiger charge is -2.15. The lowest BCUT2D eigenvalue weighted by molar-refractivity contribution is -0.105. The summed E-state index contributed by atoms with van der Waals surface area (Å²) in [5.41, 5.74) is 5.74. The highest BCUT2D eigenvalue weighted by molar-refractivity contribution is 6.31. The van der Waals surface area contributed by atoms with Crippen LogP contribution < -0.4 is 16.2 Å². The third kappa shape index (κ3) is 4.73. The molecule has 4 aromatic rings. The third-order valence-corrected chi connectivity index (χ3v) is 6.75. The molecule has 1 atom stereocenters. The summed E-state index contributed by atoms with van der Waals surface area (Å²) in [6.45, 7) is 2.01. The maximum Gasteiger partial charge on any atom is 0.409 e. The second-order valence-corrected chi connectivity index (χ2v) is 9.19. The zero-order valence-corrected chi connectivity index (χ0v) is 20.7. The summed E-state index contributed by atoms with van der Waals surface area (Å²) in [7, 11) is 0. The number of aromatic nitrogens is 3. The number of imidazole rings is 1. The number of nitrogens with zero attached hydrogens (tertiary/aromatic N) is 2. The number of rotatable bonds is 7. The van der Waals surface area contributed by atoms with Crippen LogP contribution in [0.1, 0.15) is 36.6 Å². The van der Waals surface area contributed by atoms with Gasteiger partial charge in [-0.15, -0.1) is 0 Å². The van der Waals surface area contributed by atoms with Crippen molar-refractivity contribution in [3.05, 3.63) is 87.2 Å². The van der Waals surface area contributed by atoms with Gasteiger partial charge in [-0.3, -0.25) is 14.9 Å². The van der Waals surface area contributed by atoms with Gasteiger partial charge in [0.15, 0.2) is 0 Å². The third-order valence-electron chi connectivity index (χ3n) is 6.51. The molecule has 37 heavy (non-hydrogen) atoms. The first-order valence-electron chi connectivity index (χ1n) is 11.8. The number of aryl methyl sites for hydroxylation is 2. The van der Waals surface area contributed by atoms with Gasteiger partial charge in [0.1, 0.15) is 5.82 Å². The van der Waals surface area contributed by atoms with Gasteiger partial charge in [-0.1, -0.05) is 30.7 Å². The van der Waals surface area contributed by atoms with E-state index in [4.69, 9.17) is 21.7 Å². The quantitative estimate of drug-likeness (QED) is 0.247. The van der Waals surface area contributed by atoms with Crippen LogP contribution in [0.25, 0.3) is 22.4 Å². The molecule has 10 heteroatoms. The number of hydrogen-bond acceptors (Lipinski definition) is 4.